The van der Waals surface area contributed by atoms with Gasteiger partial charge in [-0.1, -0.05) is 19.9 Å². The highest BCUT2D eigenvalue weighted by atomic mass is 35.5. The smallest absolute Gasteiger partial charge is 0.220 e. The maximum atomic E-state index is 11.9. The summed E-state index contributed by atoms with van der Waals surface area (Å²) in [5, 5.41) is 6.05. The maximum absolute atomic E-state index is 11.9. The van der Waals surface area contributed by atoms with E-state index in [1.165, 1.54) is 0 Å². The molecule has 5 nitrogen and oxygen atoms in total. The molecule has 0 saturated carbocycles. The predicted octanol–water partition coefficient (Wildman–Crippen LogP) is 3.33. The topological polar surface area (TPSA) is 59.6 Å². The second-order valence-corrected chi connectivity index (χ2v) is 6.11. The lowest BCUT2D eigenvalue weighted by Crippen LogP contribution is -2.27. The average molecular weight is 359 g/mol. The molecule has 1 unspecified atom stereocenters. The second kappa shape index (κ2) is 12.0. The van der Waals surface area contributed by atoms with Gasteiger partial charge in [0.1, 0.15) is 0 Å². The molecule has 1 aromatic rings. The summed E-state index contributed by atoms with van der Waals surface area (Å²) in [6, 6.07) is 5.73. The second-order valence-electron chi connectivity index (χ2n) is 6.11. The number of hydrogen-bond acceptors (Lipinski definition) is 4. The van der Waals surface area contributed by atoms with Crippen molar-refractivity contribution in [2.75, 3.05) is 27.3 Å². The standard InChI is InChI=1S/C18H30N2O3.ClH/c1-13(2)12-23-16-9-8-15(11-17(16)22-5)14(3)20-18(21)7-6-10-19-4;/h8-9,11,13-14,19H,6-7,10,12H2,1-5H3,(H,20,21);1H. The summed E-state index contributed by atoms with van der Waals surface area (Å²) in [5.74, 6) is 1.94. The van der Waals surface area contributed by atoms with E-state index in [1.807, 2.05) is 32.2 Å². The molecule has 0 bridgehead atoms. The highest BCUT2D eigenvalue weighted by Gasteiger charge is 2.13. The molecule has 0 aliphatic carbocycles. The average Bonchev–Trinajstić information content (AvgIpc) is 2.52. The van der Waals surface area contributed by atoms with E-state index in [2.05, 4.69) is 24.5 Å². The Hall–Kier alpha value is -1.46. The summed E-state index contributed by atoms with van der Waals surface area (Å²) < 4.78 is 11.2. The number of benzene rings is 1. The van der Waals surface area contributed by atoms with Gasteiger partial charge in [-0.25, -0.2) is 0 Å². The number of nitrogens with one attached hydrogen (secondary N) is 2. The van der Waals surface area contributed by atoms with Crippen molar-refractivity contribution >= 4 is 18.3 Å². The monoisotopic (exact) mass is 358 g/mol. The Morgan fingerprint density at radius 2 is 1.92 bits per heavy atom. The molecule has 0 aromatic heterocycles. The third-order valence-electron chi connectivity index (χ3n) is 3.47. The van der Waals surface area contributed by atoms with Crippen molar-refractivity contribution in [3.63, 3.8) is 0 Å². The lowest BCUT2D eigenvalue weighted by Gasteiger charge is -2.18. The van der Waals surface area contributed by atoms with E-state index >= 15 is 0 Å². The van der Waals surface area contributed by atoms with E-state index in [0.717, 1.165) is 24.3 Å². The largest absolute Gasteiger partial charge is 0.493 e. The molecule has 0 fully saturated rings. The van der Waals surface area contributed by atoms with Crippen molar-refractivity contribution in [1.82, 2.24) is 10.6 Å². The molecule has 0 spiro atoms. The van der Waals surface area contributed by atoms with Gasteiger partial charge in [0.25, 0.3) is 0 Å². The molecule has 1 rings (SSSR count). The Bertz CT molecular complexity index is 495. The molecule has 6 heteroatoms. The number of hydrogen-bond donors (Lipinski definition) is 2. The maximum Gasteiger partial charge on any atom is 0.220 e. The minimum atomic E-state index is -0.0647. The molecule has 0 aliphatic heterocycles. The molecule has 0 saturated heterocycles. The van der Waals surface area contributed by atoms with Crippen molar-refractivity contribution in [3.8, 4) is 11.5 Å². The first kappa shape index (κ1) is 22.5. The van der Waals surface area contributed by atoms with Crippen LogP contribution in [0, 0.1) is 5.92 Å². The minimum Gasteiger partial charge on any atom is -0.493 e. The van der Waals surface area contributed by atoms with Crippen LogP contribution >= 0.6 is 12.4 Å². The van der Waals surface area contributed by atoms with Crippen LogP contribution in [0.15, 0.2) is 18.2 Å². The summed E-state index contributed by atoms with van der Waals surface area (Å²) in [5.41, 5.74) is 1.00. The van der Waals surface area contributed by atoms with Gasteiger partial charge >= 0.3 is 0 Å². The van der Waals surface area contributed by atoms with E-state index < -0.39 is 0 Å². The Kier molecular flexibility index (Phi) is 11.3. The lowest BCUT2D eigenvalue weighted by molar-refractivity contribution is -0.121. The molecule has 1 aromatic carbocycles. The Morgan fingerprint density at radius 3 is 2.50 bits per heavy atom. The summed E-state index contributed by atoms with van der Waals surface area (Å²) in [7, 11) is 3.51. The highest BCUT2D eigenvalue weighted by molar-refractivity contribution is 5.85. The number of halogens is 1. The van der Waals surface area contributed by atoms with Crippen LogP contribution in [0.4, 0.5) is 0 Å². The van der Waals surface area contributed by atoms with Crippen molar-refractivity contribution < 1.29 is 14.3 Å². The fourth-order valence-electron chi connectivity index (χ4n) is 2.15. The number of amides is 1. The van der Waals surface area contributed by atoms with Crippen molar-refractivity contribution in [3.05, 3.63) is 23.8 Å². The van der Waals surface area contributed by atoms with E-state index in [1.54, 1.807) is 7.11 Å². The van der Waals surface area contributed by atoms with Gasteiger partial charge in [-0.05, 0) is 50.6 Å². The van der Waals surface area contributed by atoms with Crippen LogP contribution in [0.1, 0.15) is 45.2 Å². The Labute approximate surface area is 151 Å². The Morgan fingerprint density at radius 1 is 1.21 bits per heavy atom. The molecule has 0 heterocycles. The summed E-state index contributed by atoms with van der Waals surface area (Å²) in [6.07, 6.45) is 1.36. The molecular formula is C18H31ClN2O3. The fourth-order valence-corrected chi connectivity index (χ4v) is 2.15. The van der Waals surface area contributed by atoms with Gasteiger partial charge in [0.2, 0.25) is 5.91 Å². The number of carbonyl (C=O) groups is 1. The predicted molar refractivity (Wildman–Crippen MR) is 100 cm³/mol. The van der Waals surface area contributed by atoms with E-state index in [4.69, 9.17) is 9.47 Å². The van der Waals surface area contributed by atoms with Gasteiger partial charge < -0.3 is 20.1 Å². The van der Waals surface area contributed by atoms with Crippen LogP contribution in [0.5, 0.6) is 11.5 Å². The summed E-state index contributed by atoms with van der Waals surface area (Å²) in [6.45, 7) is 7.67. The van der Waals surface area contributed by atoms with Crippen LogP contribution in [0.2, 0.25) is 0 Å². The zero-order valence-corrected chi connectivity index (χ0v) is 16.2. The van der Waals surface area contributed by atoms with Gasteiger partial charge in [-0.2, -0.15) is 0 Å². The number of methoxy groups -OCH3 is 1. The molecule has 0 aliphatic rings. The normalized spacial score (nSPS) is 11.6. The Balaban J connectivity index is 0.00000529. The van der Waals surface area contributed by atoms with Crippen LogP contribution in [0.25, 0.3) is 0 Å². The first-order valence-electron chi connectivity index (χ1n) is 8.22. The summed E-state index contributed by atoms with van der Waals surface area (Å²) in [4.78, 5) is 11.9. The molecule has 24 heavy (non-hydrogen) atoms. The molecule has 2 N–H and O–H groups in total. The van der Waals surface area contributed by atoms with Gasteiger partial charge in [0, 0.05) is 6.42 Å². The molecular weight excluding hydrogens is 328 g/mol. The van der Waals surface area contributed by atoms with Crippen molar-refractivity contribution in [2.45, 2.75) is 39.7 Å². The van der Waals surface area contributed by atoms with Crippen LogP contribution in [-0.2, 0) is 4.79 Å². The lowest BCUT2D eigenvalue weighted by atomic mass is 10.1. The quantitative estimate of drug-likeness (QED) is 0.630. The van der Waals surface area contributed by atoms with E-state index in [-0.39, 0.29) is 24.4 Å². The van der Waals surface area contributed by atoms with Crippen molar-refractivity contribution in [2.24, 2.45) is 5.92 Å². The zero-order valence-electron chi connectivity index (χ0n) is 15.3. The van der Waals surface area contributed by atoms with Crippen LogP contribution < -0.4 is 20.1 Å². The van der Waals surface area contributed by atoms with Gasteiger partial charge in [-0.15, -0.1) is 12.4 Å². The summed E-state index contributed by atoms with van der Waals surface area (Å²) >= 11 is 0. The molecule has 138 valence electrons. The third kappa shape index (κ3) is 7.88. The van der Waals surface area contributed by atoms with Gasteiger partial charge in [0.05, 0.1) is 19.8 Å². The van der Waals surface area contributed by atoms with Gasteiger partial charge in [-0.3, -0.25) is 4.79 Å². The minimum absolute atomic E-state index is 0. The van der Waals surface area contributed by atoms with Gasteiger partial charge in [0.15, 0.2) is 11.5 Å². The first-order valence-corrected chi connectivity index (χ1v) is 8.22. The van der Waals surface area contributed by atoms with E-state index in [9.17, 15) is 4.79 Å². The number of carbonyl (C=O) groups excluding carboxylic acids is 1. The third-order valence-corrected chi connectivity index (χ3v) is 3.47. The van der Waals surface area contributed by atoms with Crippen molar-refractivity contribution in [1.29, 1.82) is 0 Å². The molecule has 1 atom stereocenters. The number of rotatable bonds is 10. The highest BCUT2D eigenvalue weighted by Crippen LogP contribution is 2.30. The number of ether oxygens (including phenoxy) is 2. The molecule has 0 radical (unpaired) electrons. The SMILES string of the molecule is CNCCCC(=O)NC(C)c1ccc(OCC(C)C)c(OC)c1.Cl. The zero-order chi connectivity index (χ0) is 17.2. The fraction of sp³-hybridized carbons (Fsp3) is 0.611. The molecule has 1 amide bonds. The van der Waals surface area contributed by atoms with Crippen LogP contribution in [-0.4, -0.2) is 33.2 Å². The van der Waals surface area contributed by atoms with E-state index in [0.29, 0.717) is 24.7 Å². The van der Waals surface area contributed by atoms with Crippen LogP contribution in [0.3, 0.4) is 0 Å². The first-order chi connectivity index (χ1) is 11.0.